The standard InChI is InChI=1S/C31H28N2/c1-22(2)25-16-8-9-18-28(25)31(32-24-14-4-3-5-15-24)30-21-11-20-29(33-30)27-19-10-13-23-12-6-7-17-26(23)27/h3-22,31-32H,1-2H3. The number of hydrogen-bond donors (Lipinski definition) is 1. The van der Waals surface area contributed by atoms with Gasteiger partial charge < -0.3 is 5.32 Å². The number of para-hydroxylation sites is 1. The van der Waals surface area contributed by atoms with Gasteiger partial charge in [-0.15, -0.1) is 0 Å². The van der Waals surface area contributed by atoms with Crippen molar-refractivity contribution in [3.63, 3.8) is 0 Å². The molecule has 0 aliphatic carbocycles. The summed E-state index contributed by atoms with van der Waals surface area (Å²) in [5.41, 5.74) is 6.84. The zero-order valence-electron chi connectivity index (χ0n) is 19.1. The molecule has 0 amide bonds. The third-order valence-electron chi connectivity index (χ3n) is 6.15. The zero-order chi connectivity index (χ0) is 22.6. The number of hydrogen-bond acceptors (Lipinski definition) is 2. The van der Waals surface area contributed by atoms with Crippen LogP contribution < -0.4 is 5.32 Å². The molecule has 0 aliphatic heterocycles. The highest BCUT2D eigenvalue weighted by molar-refractivity contribution is 5.95. The van der Waals surface area contributed by atoms with Crippen molar-refractivity contribution in [3.8, 4) is 11.3 Å². The number of aromatic nitrogens is 1. The van der Waals surface area contributed by atoms with Gasteiger partial charge in [0.1, 0.15) is 0 Å². The second-order valence-corrected chi connectivity index (χ2v) is 8.70. The lowest BCUT2D eigenvalue weighted by molar-refractivity contribution is 0.805. The molecule has 2 heteroatoms. The number of rotatable bonds is 6. The molecule has 33 heavy (non-hydrogen) atoms. The quantitative estimate of drug-likeness (QED) is 0.295. The molecule has 0 bridgehead atoms. The van der Waals surface area contributed by atoms with Crippen LogP contribution >= 0.6 is 0 Å². The van der Waals surface area contributed by atoms with Gasteiger partial charge in [0.25, 0.3) is 0 Å². The van der Waals surface area contributed by atoms with Crippen LogP contribution in [0.15, 0.2) is 115 Å². The second-order valence-electron chi connectivity index (χ2n) is 8.70. The Morgan fingerprint density at radius 3 is 2.09 bits per heavy atom. The van der Waals surface area contributed by atoms with Crippen molar-refractivity contribution in [2.45, 2.75) is 25.8 Å². The molecule has 1 unspecified atom stereocenters. The summed E-state index contributed by atoms with van der Waals surface area (Å²) in [5, 5.41) is 6.21. The first kappa shape index (κ1) is 21.0. The normalized spacial score (nSPS) is 12.1. The molecule has 0 spiro atoms. The van der Waals surface area contributed by atoms with E-state index in [-0.39, 0.29) is 6.04 Å². The maximum Gasteiger partial charge on any atom is 0.0943 e. The second kappa shape index (κ2) is 9.30. The Kier molecular flexibility index (Phi) is 5.91. The van der Waals surface area contributed by atoms with E-state index in [9.17, 15) is 0 Å². The number of pyridine rings is 1. The molecule has 0 saturated heterocycles. The Hall–Kier alpha value is -3.91. The van der Waals surface area contributed by atoms with Gasteiger partial charge in [0.15, 0.2) is 0 Å². The van der Waals surface area contributed by atoms with E-state index in [1.54, 1.807) is 0 Å². The minimum Gasteiger partial charge on any atom is -0.373 e. The van der Waals surface area contributed by atoms with E-state index in [4.69, 9.17) is 4.98 Å². The van der Waals surface area contributed by atoms with Gasteiger partial charge in [-0.25, -0.2) is 0 Å². The van der Waals surface area contributed by atoms with Crippen molar-refractivity contribution in [2.24, 2.45) is 0 Å². The molecule has 0 aliphatic rings. The maximum absolute atomic E-state index is 5.20. The van der Waals surface area contributed by atoms with Gasteiger partial charge in [-0.05, 0) is 52.1 Å². The Labute approximate surface area is 196 Å². The molecule has 1 aromatic heterocycles. The van der Waals surface area contributed by atoms with Crippen LogP contribution in [0.3, 0.4) is 0 Å². The molecular formula is C31H28N2. The smallest absolute Gasteiger partial charge is 0.0943 e. The Bertz CT molecular complexity index is 1370. The number of nitrogens with one attached hydrogen (secondary N) is 1. The lowest BCUT2D eigenvalue weighted by Gasteiger charge is -2.24. The highest BCUT2D eigenvalue weighted by Gasteiger charge is 2.21. The fourth-order valence-corrected chi connectivity index (χ4v) is 4.52. The van der Waals surface area contributed by atoms with Gasteiger partial charge in [0.05, 0.1) is 17.4 Å². The van der Waals surface area contributed by atoms with Crippen molar-refractivity contribution in [1.29, 1.82) is 0 Å². The highest BCUT2D eigenvalue weighted by Crippen LogP contribution is 2.33. The SMILES string of the molecule is CC(C)c1ccccc1C(Nc1ccccc1)c1cccc(-c2cccc3ccccc23)n1. The van der Waals surface area contributed by atoms with E-state index in [1.165, 1.54) is 21.9 Å². The summed E-state index contributed by atoms with van der Waals surface area (Å²) in [4.78, 5) is 5.20. The Morgan fingerprint density at radius 2 is 1.27 bits per heavy atom. The first-order valence-corrected chi connectivity index (χ1v) is 11.6. The molecule has 162 valence electrons. The maximum atomic E-state index is 5.20. The van der Waals surface area contributed by atoms with Crippen molar-refractivity contribution >= 4 is 16.5 Å². The number of anilines is 1. The van der Waals surface area contributed by atoms with Crippen LogP contribution in [-0.4, -0.2) is 4.98 Å². The minimum absolute atomic E-state index is 0.0547. The van der Waals surface area contributed by atoms with E-state index in [1.807, 2.05) is 6.07 Å². The summed E-state index contributed by atoms with van der Waals surface area (Å²) in [7, 11) is 0. The number of nitrogens with zero attached hydrogens (tertiary/aromatic N) is 1. The average Bonchev–Trinajstić information content (AvgIpc) is 2.87. The van der Waals surface area contributed by atoms with E-state index in [0.29, 0.717) is 5.92 Å². The summed E-state index contributed by atoms with van der Waals surface area (Å²) in [6.45, 7) is 4.50. The van der Waals surface area contributed by atoms with Gasteiger partial charge in [0, 0.05) is 11.3 Å². The minimum atomic E-state index is -0.0547. The highest BCUT2D eigenvalue weighted by atomic mass is 15.0. The van der Waals surface area contributed by atoms with Crippen LogP contribution in [0.25, 0.3) is 22.0 Å². The molecule has 0 radical (unpaired) electrons. The molecule has 2 nitrogen and oxygen atoms in total. The fourth-order valence-electron chi connectivity index (χ4n) is 4.52. The van der Waals surface area contributed by atoms with Gasteiger partial charge in [0.2, 0.25) is 0 Å². The molecular weight excluding hydrogens is 400 g/mol. The van der Waals surface area contributed by atoms with Gasteiger partial charge in [-0.2, -0.15) is 0 Å². The van der Waals surface area contributed by atoms with Gasteiger partial charge in [-0.3, -0.25) is 4.98 Å². The molecule has 5 rings (SSSR count). The van der Waals surface area contributed by atoms with Crippen molar-refractivity contribution < 1.29 is 0 Å². The van der Waals surface area contributed by atoms with Crippen LogP contribution in [0.4, 0.5) is 5.69 Å². The predicted octanol–water partition coefficient (Wildman–Crippen LogP) is 8.23. The molecule has 1 N–H and O–H groups in total. The third kappa shape index (κ3) is 4.38. The average molecular weight is 429 g/mol. The van der Waals surface area contributed by atoms with Crippen LogP contribution in [0.1, 0.15) is 42.6 Å². The molecule has 4 aromatic carbocycles. The molecule has 1 atom stereocenters. The lowest BCUT2D eigenvalue weighted by Crippen LogP contribution is -2.16. The fraction of sp³-hybridized carbons (Fsp3) is 0.129. The Morgan fingerprint density at radius 1 is 0.606 bits per heavy atom. The summed E-state index contributed by atoms with van der Waals surface area (Å²) in [5.74, 6) is 0.419. The Balaban J connectivity index is 1.65. The number of fused-ring (bicyclic) bond motifs is 1. The lowest BCUT2D eigenvalue weighted by atomic mass is 9.90. The summed E-state index contributed by atoms with van der Waals surface area (Å²) < 4.78 is 0. The molecule has 0 fully saturated rings. The van der Waals surface area contributed by atoms with E-state index >= 15 is 0 Å². The molecule has 1 heterocycles. The van der Waals surface area contributed by atoms with Crippen molar-refractivity contribution in [2.75, 3.05) is 5.32 Å². The van der Waals surface area contributed by atoms with E-state index in [2.05, 4.69) is 128 Å². The van der Waals surface area contributed by atoms with E-state index < -0.39 is 0 Å². The monoisotopic (exact) mass is 428 g/mol. The van der Waals surface area contributed by atoms with Crippen LogP contribution in [0.5, 0.6) is 0 Å². The van der Waals surface area contributed by atoms with Crippen LogP contribution in [0.2, 0.25) is 0 Å². The van der Waals surface area contributed by atoms with Gasteiger partial charge in [-0.1, -0.05) is 105 Å². The van der Waals surface area contributed by atoms with Crippen molar-refractivity contribution in [3.05, 3.63) is 132 Å². The molecule has 5 aromatic rings. The summed E-state index contributed by atoms with van der Waals surface area (Å²) >= 11 is 0. The first-order chi connectivity index (χ1) is 16.2. The van der Waals surface area contributed by atoms with Crippen LogP contribution in [-0.2, 0) is 0 Å². The van der Waals surface area contributed by atoms with Crippen LogP contribution in [0, 0.1) is 0 Å². The topological polar surface area (TPSA) is 24.9 Å². The van der Waals surface area contributed by atoms with Crippen molar-refractivity contribution in [1.82, 2.24) is 4.98 Å². The number of benzene rings is 4. The summed E-state index contributed by atoms with van der Waals surface area (Å²) in [6, 6.07) is 40.3. The third-order valence-corrected chi connectivity index (χ3v) is 6.15. The molecule has 0 saturated carbocycles. The largest absolute Gasteiger partial charge is 0.373 e. The van der Waals surface area contributed by atoms with Gasteiger partial charge >= 0.3 is 0 Å². The predicted molar refractivity (Wildman–Crippen MR) is 140 cm³/mol. The summed E-state index contributed by atoms with van der Waals surface area (Å²) in [6.07, 6.45) is 0. The zero-order valence-corrected chi connectivity index (χ0v) is 19.1. The first-order valence-electron chi connectivity index (χ1n) is 11.6. The van der Waals surface area contributed by atoms with E-state index in [0.717, 1.165) is 22.6 Å².